The normalized spacial score (nSPS) is 17.4. The van der Waals surface area contributed by atoms with Crippen molar-refractivity contribution in [2.45, 2.75) is 40.0 Å². The summed E-state index contributed by atoms with van der Waals surface area (Å²) in [5, 5.41) is 0. The highest BCUT2D eigenvalue weighted by atomic mass is 16.2. The highest BCUT2D eigenvalue weighted by molar-refractivity contribution is 5.95. The molecule has 4 heteroatoms. The second-order valence-corrected chi connectivity index (χ2v) is 9.91. The maximum atomic E-state index is 13.0. The van der Waals surface area contributed by atoms with Crippen molar-refractivity contribution in [2.75, 3.05) is 26.2 Å². The first-order valence-corrected chi connectivity index (χ1v) is 11.7. The van der Waals surface area contributed by atoms with Gasteiger partial charge in [-0.1, -0.05) is 69.3 Å². The van der Waals surface area contributed by atoms with Crippen LogP contribution in [0.4, 0.5) is 0 Å². The van der Waals surface area contributed by atoms with Crippen molar-refractivity contribution in [3.8, 4) is 11.1 Å². The van der Waals surface area contributed by atoms with Gasteiger partial charge in [-0.25, -0.2) is 0 Å². The van der Waals surface area contributed by atoms with E-state index in [9.17, 15) is 9.59 Å². The van der Waals surface area contributed by atoms with E-state index in [0.29, 0.717) is 37.7 Å². The van der Waals surface area contributed by atoms with Gasteiger partial charge in [0.25, 0.3) is 5.91 Å². The van der Waals surface area contributed by atoms with Crippen molar-refractivity contribution in [1.82, 2.24) is 9.80 Å². The second-order valence-electron chi connectivity index (χ2n) is 9.91. The summed E-state index contributed by atoms with van der Waals surface area (Å²) in [6, 6.07) is 16.4. The summed E-state index contributed by atoms with van der Waals surface area (Å²) in [5.74, 6) is 0.775. The quantitative estimate of drug-likeness (QED) is 0.592. The SMILES string of the molecule is C=C(Cc1cccc(-c2ccc(C(=O)N3CCN(C(=O)C4(C)CC4)CC3)cc2)c1)C(C)C. The van der Waals surface area contributed by atoms with Crippen molar-refractivity contribution in [1.29, 1.82) is 0 Å². The van der Waals surface area contributed by atoms with Crippen molar-refractivity contribution in [3.05, 3.63) is 71.8 Å². The lowest BCUT2D eigenvalue weighted by molar-refractivity contribution is -0.137. The van der Waals surface area contributed by atoms with Gasteiger partial charge in [-0.05, 0) is 54.0 Å². The largest absolute Gasteiger partial charge is 0.339 e. The Morgan fingerprint density at radius 1 is 0.938 bits per heavy atom. The van der Waals surface area contributed by atoms with Crippen LogP contribution in [0.25, 0.3) is 11.1 Å². The van der Waals surface area contributed by atoms with E-state index in [4.69, 9.17) is 0 Å². The number of carbonyl (C=O) groups excluding carboxylic acids is 2. The van der Waals surface area contributed by atoms with Crippen LogP contribution in [-0.4, -0.2) is 47.8 Å². The van der Waals surface area contributed by atoms with Crippen LogP contribution >= 0.6 is 0 Å². The third-order valence-electron chi connectivity index (χ3n) is 7.01. The average Bonchev–Trinajstić information content (AvgIpc) is 3.57. The van der Waals surface area contributed by atoms with Crippen LogP contribution in [0.5, 0.6) is 0 Å². The topological polar surface area (TPSA) is 40.6 Å². The summed E-state index contributed by atoms with van der Waals surface area (Å²) < 4.78 is 0. The van der Waals surface area contributed by atoms with E-state index >= 15 is 0 Å². The van der Waals surface area contributed by atoms with Crippen molar-refractivity contribution in [2.24, 2.45) is 11.3 Å². The molecule has 1 heterocycles. The van der Waals surface area contributed by atoms with E-state index < -0.39 is 0 Å². The zero-order chi connectivity index (χ0) is 22.9. The maximum Gasteiger partial charge on any atom is 0.253 e. The zero-order valence-electron chi connectivity index (χ0n) is 19.6. The summed E-state index contributed by atoms with van der Waals surface area (Å²) >= 11 is 0. The lowest BCUT2D eigenvalue weighted by Crippen LogP contribution is -2.52. The Labute approximate surface area is 191 Å². The van der Waals surface area contributed by atoms with Gasteiger partial charge in [-0.2, -0.15) is 0 Å². The first kappa shape index (κ1) is 22.3. The molecule has 0 aromatic heterocycles. The van der Waals surface area contributed by atoms with E-state index in [1.165, 1.54) is 11.1 Å². The molecule has 0 unspecified atom stereocenters. The lowest BCUT2D eigenvalue weighted by Gasteiger charge is -2.36. The standard InChI is InChI=1S/C28H34N2O2/c1-20(2)21(3)18-22-6-5-7-25(19-22)23-8-10-24(11-9-23)26(31)29-14-16-30(17-15-29)27(32)28(4)12-13-28/h5-11,19-20H,3,12-18H2,1-2,4H3. The van der Waals surface area contributed by atoms with Gasteiger partial charge in [-0.3, -0.25) is 9.59 Å². The molecule has 2 aromatic rings. The predicted molar refractivity (Wildman–Crippen MR) is 129 cm³/mol. The molecule has 1 aliphatic carbocycles. The van der Waals surface area contributed by atoms with Gasteiger partial charge < -0.3 is 9.80 Å². The molecular formula is C28H34N2O2. The fourth-order valence-corrected chi connectivity index (χ4v) is 4.21. The number of piperazine rings is 1. The van der Waals surface area contributed by atoms with Gasteiger partial charge in [0.1, 0.15) is 0 Å². The molecular weight excluding hydrogens is 396 g/mol. The molecule has 0 spiro atoms. The number of benzene rings is 2. The van der Waals surface area contributed by atoms with E-state index in [1.807, 2.05) is 41.0 Å². The van der Waals surface area contributed by atoms with Crippen LogP contribution in [0.15, 0.2) is 60.7 Å². The number of hydrogen-bond donors (Lipinski definition) is 0. The molecule has 1 saturated heterocycles. The van der Waals surface area contributed by atoms with Crippen LogP contribution in [0.2, 0.25) is 0 Å². The number of amides is 2. The molecule has 0 radical (unpaired) electrons. The van der Waals surface area contributed by atoms with E-state index in [-0.39, 0.29) is 17.2 Å². The molecule has 2 fully saturated rings. The number of rotatable bonds is 6. The Morgan fingerprint density at radius 2 is 1.56 bits per heavy atom. The van der Waals surface area contributed by atoms with Gasteiger partial charge in [0.15, 0.2) is 0 Å². The molecule has 0 atom stereocenters. The Bertz CT molecular complexity index is 1010. The molecule has 32 heavy (non-hydrogen) atoms. The summed E-state index contributed by atoms with van der Waals surface area (Å²) in [6.07, 6.45) is 2.87. The van der Waals surface area contributed by atoms with Crippen LogP contribution in [0.1, 0.15) is 49.5 Å². The molecule has 4 nitrogen and oxygen atoms in total. The van der Waals surface area contributed by atoms with E-state index in [2.05, 4.69) is 44.7 Å². The number of allylic oxidation sites excluding steroid dienone is 1. The molecule has 0 bridgehead atoms. The third kappa shape index (κ3) is 4.79. The van der Waals surface area contributed by atoms with Gasteiger partial charge in [0.2, 0.25) is 5.91 Å². The molecule has 4 rings (SSSR count). The number of carbonyl (C=O) groups is 2. The smallest absolute Gasteiger partial charge is 0.253 e. The van der Waals surface area contributed by atoms with Crippen LogP contribution < -0.4 is 0 Å². The lowest BCUT2D eigenvalue weighted by atomic mass is 9.95. The maximum absolute atomic E-state index is 13.0. The molecule has 0 N–H and O–H groups in total. The first-order chi connectivity index (χ1) is 15.3. The molecule has 2 aliphatic rings. The third-order valence-corrected chi connectivity index (χ3v) is 7.01. The van der Waals surface area contributed by atoms with Crippen molar-refractivity contribution < 1.29 is 9.59 Å². The highest BCUT2D eigenvalue weighted by Gasteiger charge is 2.47. The van der Waals surface area contributed by atoms with Gasteiger partial charge in [0, 0.05) is 37.2 Å². The highest BCUT2D eigenvalue weighted by Crippen LogP contribution is 2.46. The van der Waals surface area contributed by atoms with Crippen molar-refractivity contribution >= 4 is 11.8 Å². The molecule has 2 amide bonds. The monoisotopic (exact) mass is 430 g/mol. The van der Waals surface area contributed by atoms with Gasteiger partial charge in [0.05, 0.1) is 0 Å². The Kier molecular flexibility index (Phi) is 6.23. The Hall–Kier alpha value is -2.88. The van der Waals surface area contributed by atoms with Crippen LogP contribution in [0, 0.1) is 11.3 Å². The number of nitrogens with zero attached hydrogens (tertiary/aromatic N) is 2. The number of hydrogen-bond acceptors (Lipinski definition) is 2. The molecule has 2 aromatic carbocycles. The van der Waals surface area contributed by atoms with Crippen LogP contribution in [0.3, 0.4) is 0 Å². The van der Waals surface area contributed by atoms with Crippen LogP contribution in [-0.2, 0) is 11.2 Å². The second kappa shape index (κ2) is 8.93. The molecule has 168 valence electrons. The summed E-state index contributed by atoms with van der Waals surface area (Å²) in [7, 11) is 0. The van der Waals surface area contributed by atoms with Crippen molar-refractivity contribution in [3.63, 3.8) is 0 Å². The van der Waals surface area contributed by atoms with E-state index in [1.54, 1.807) is 0 Å². The van der Waals surface area contributed by atoms with Gasteiger partial charge in [-0.15, -0.1) is 0 Å². The predicted octanol–water partition coefficient (Wildman–Crippen LogP) is 5.19. The Morgan fingerprint density at radius 3 is 2.16 bits per heavy atom. The molecule has 1 aliphatic heterocycles. The first-order valence-electron chi connectivity index (χ1n) is 11.7. The fourth-order valence-electron chi connectivity index (χ4n) is 4.21. The fraction of sp³-hybridized carbons (Fsp3) is 0.429. The summed E-state index contributed by atoms with van der Waals surface area (Å²) in [6.45, 7) is 13.1. The molecule has 1 saturated carbocycles. The van der Waals surface area contributed by atoms with Gasteiger partial charge >= 0.3 is 0 Å². The summed E-state index contributed by atoms with van der Waals surface area (Å²) in [4.78, 5) is 29.3. The minimum absolute atomic E-state index is 0.0447. The minimum Gasteiger partial charge on any atom is -0.339 e. The minimum atomic E-state index is -0.138. The van der Waals surface area contributed by atoms with E-state index in [0.717, 1.165) is 30.4 Å². The Balaban J connectivity index is 1.38. The average molecular weight is 431 g/mol. The summed E-state index contributed by atoms with van der Waals surface area (Å²) in [5.41, 5.74) is 5.31. The zero-order valence-corrected chi connectivity index (χ0v) is 19.6.